The Kier molecular flexibility index (Phi) is 3.56. The van der Waals surface area contributed by atoms with Gasteiger partial charge in [0.15, 0.2) is 0 Å². The molecule has 0 radical (unpaired) electrons. The van der Waals surface area contributed by atoms with Crippen molar-refractivity contribution in [2.45, 2.75) is 30.8 Å². The summed E-state index contributed by atoms with van der Waals surface area (Å²) in [6.45, 7) is 1.67. The van der Waals surface area contributed by atoms with Crippen LogP contribution in [-0.4, -0.2) is 43.9 Å². The quantitative estimate of drug-likeness (QED) is 0.803. The van der Waals surface area contributed by atoms with Crippen LogP contribution in [0.15, 0.2) is 0 Å². The number of piperidine rings is 1. The van der Waals surface area contributed by atoms with Crippen molar-refractivity contribution in [3.05, 3.63) is 0 Å². The van der Waals surface area contributed by atoms with Crippen LogP contribution in [0, 0.1) is 0 Å². The minimum atomic E-state index is -5.19. The van der Waals surface area contributed by atoms with E-state index in [4.69, 9.17) is 0 Å². The summed E-state index contributed by atoms with van der Waals surface area (Å²) in [7, 11) is -3.44. The molecule has 0 aliphatic carbocycles. The number of rotatable bonds is 2. The summed E-state index contributed by atoms with van der Waals surface area (Å²) in [5.41, 5.74) is -5.47. The van der Waals surface area contributed by atoms with E-state index >= 15 is 0 Å². The summed E-state index contributed by atoms with van der Waals surface area (Å²) in [4.78, 5) is 0. The van der Waals surface area contributed by atoms with Crippen LogP contribution < -0.4 is 5.32 Å². The van der Waals surface area contributed by atoms with Gasteiger partial charge < -0.3 is 5.32 Å². The van der Waals surface area contributed by atoms with Crippen LogP contribution in [0.25, 0.3) is 0 Å². The Morgan fingerprint density at radius 3 is 2.00 bits per heavy atom. The van der Waals surface area contributed by atoms with Crippen LogP contribution in [0.4, 0.5) is 13.2 Å². The van der Waals surface area contributed by atoms with Gasteiger partial charge in [-0.15, -0.1) is 0 Å². The van der Waals surface area contributed by atoms with E-state index in [2.05, 4.69) is 5.32 Å². The molecule has 16 heavy (non-hydrogen) atoms. The summed E-state index contributed by atoms with van der Waals surface area (Å²) in [6, 6.07) is 0. The Morgan fingerprint density at radius 2 is 1.69 bits per heavy atom. The van der Waals surface area contributed by atoms with E-state index in [1.165, 1.54) is 0 Å². The summed E-state index contributed by atoms with van der Waals surface area (Å²) in [5.74, 6) is 0. The van der Waals surface area contributed by atoms with Crippen molar-refractivity contribution < 1.29 is 21.6 Å². The summed E-state index contributed by atoms with van der Waals surface area (Å²) in [6.07, 6.45) is 0.748. The van der Waals surface area contributed by atoms with Gasteiger partial charge in [-0.3, -0.25) is 0 Å². The molecule has 0 saturated carbocycles. The Hall–Kier alpha value is -0.340. The van der Waals surface area contributed by atoms with Crippen LogP contribution in [0.3, 0.4) is 0 Å². The smallest absolute Gasteiger partial charge is 0.314 e. The lowest BCUT2D eigenvalue weighted by Gasteiger charge is -2.38. The third-order valence-electron chi connectivity index (χ3n) is 3.06. The average Bonchev–Trinajstić information content (AvgIpc) is 2.17. The van der Waals surface area contributed by atoms with Gasteiger partial charge in [0.1, 0.15) is 0 Å². The number of alkyl halides is 3. The second-order valence-electron chi connectivity index (χ2n) is 4.16. The predicted octanol–water partition coefficient (Wildman–Crippen LogP) is 0.910. The van der Waals surface area contributed by atoms with E-state index in [0.717, 1.165) is 0 Å². The van der Waals surface area contributed by atoms with Crippen LogP contribution in [0.2, 0.25) is 0 Å². The predicted molar refractivity (Wildman–Crippen MR) is 53.2 cm³/mol. The first kappa shape index (κ1) is 13.7. The Balaban J connectivity index is 2.76. The van der Waals surface area contributed by atoms with Crippen molar-refractivity contribution >= 4 is 10.0 Å². The van der Waals surface area contributed by atoms with Crippen molar-refractivity contribution in [3.8, 4) is 0 Å². The molecule has 1 aliphatic rings. The molecule has 0 spiro atoms. The summed E-state index contributed by atoms with van der Waals surface area (Å²) < 4.78 is 59.4. The Bertz CT molecular complexity index is 345. The topological polar surface area (TPSA) is 49.4 Å². The zero-order valence-corrected chi connectivity index (χ0v) is 9.95. The lowest BCUT2D eigenvalue weighted by Crippen LogP contribution is -2.53. The van der Waals surface area contributed by atoms with Crippen molar-refractivity contribution in [2.75, 3.05) is 20.1 Å². The van der Waals surface area contributed by atoms with E-state index in [0.29, 0.717) is 17.1 Å². The standard InChI is InChI=1S/C8H15F3N2O2S/c1-7(12-2)3-5-13(6-4-7)16(14,15)8(9,10)11/h12H,3-6H2,1-2H3. The van der Waals surface area contributed by atoms with Crippen molar-refractivity contribution in [2.24, 2.45) is 0 Å². The van der Waals surface area contributed by atoms with Gasteiger partial charge in [0, 0.05) is 18.6 Å². The molecule has 8 heteroatoms. The lowest BCUT2D eigenvalue weighted by molar-refractivity contribution is -0.0499. The zero-order valence-electron chi connectivity index (χ0n) is 9.13. The van der Waals surface area contributed by atoms with Gasteiger partial charge in [0.2, 0.25) is 0 Å². The van der Waals surface area contributed by atoms with Crippen molar-refractivity contribution in [1.29, 1.82) is 0 Å². The summed E-state index contributed by atoms with van der Waals surface area (Å²) >= 11 is 0. The highest BCUT2D eigenvalue weighted by Gasteiger charge is 2.51. The normalized spacial score (nSPS) is 23.3. The fraction of sp³-hybridized carbons (Fsp3) is 1.00. The lowest BCUT2D eigenvalue weighted by atomic mass is 9.91. The average molecular weight is 260 g/mol. The molecule has 1 aliphatic heterocycles. The van der Waals surface area contributed by atoms with Gasteiger partial charge in [-0.1, -0.05) is 0 Å². The number of halogens is 3. The van der Waals surface area contributed by atoms with E-state index in [1.807, 2.05) is 6.92 Å². The molecule has 0 bridgehead atoms. The van der Waals surface area contributed by atoms with Gasteiger partial charge in [0.05, 0.1) is 0 Å². The maximum absolute atomic E-state index is 12.2. The second-order valence-corrected chi connectivity index (χ2v) is 6.09. The van der Waals surface area contributed by atoms with Gasteiger partial charge in [-0.2, -0.15) is 17.5 Å². The highest BCUT2D eigenvalue weighted by molar-refractivity contribution is 7.90. The fourth-order valence-electron chi connectivity index (χ4n) is 1.62. The molecule has 1 fully saturated rings. The van der Waals surface area contributed by atoms with E-state index in [9.17, 15) is 21.6 Å². The number of nitrogens with zero attached hydrogens (tertiary/aromatic N) is 1. The highest BCUT2D eigenvalue weighted by Crippen LogP contribution is 2.31. The highest BCUT2D eigenvalue weighted by atomic mass is 32.2. The molecule has 0 aromatic heterocycles. The first-order chi connectivity index (χ1) is 7.12. The zero-order chi connectivity index (χ0) is 12.6. The minimum Gasteiger partial charge on any atom is -0.314 e. The van der Waals surface area contributed by atoms with Crippen LogP contribution in [-0.2, 0) is 10.0 Å². The van der Waals surface area contributed by atoms with Gasteiger partial charge >= 0.3 is 15.5 Å². The number of sulfonamides is 1. The van der Waals surface area contributed by atoms with Crippen LogP contribution in [0.1, 0.15) is 19.8 Å². The SMILES string of the molecule is CNC1(C)CCN(S(=O)(=O)C(F)(F)F)CC1. The molecular formula is C8H15F3N2O2S. The third kappa shape index (κ3) is 2.49. The van der Waals surface area contributed by atoms with Crippen molar-refractivity contribution in [1.82, 2.24) is 9.62 Å². The minimum absolute atomic E-state index is 0.0980. The van der Waals surface area contributed by atoms with Gasteiger partial charge in [-0.25, -0.2) is 8.42 Å². The first-order valence-corrected chi connectivity index (χ1v) is 6.32. The third-order valence-corrected chi connectivity index (χ3v) is 4.69. The van der Waals surface area contributed by atoms with E-state index in [-0.39, 0.29) is 18.6 Å². The van der Waals surface area contributed by atoms with Crippen LogP contribution >= 0.6 is 0 Å². The number of nitrogens with one attached hydrogen (secondary N) is 1. The number of hydrogen-bond acceptors (Lipinski definition) is 3. The molecule has 0 unspecified atom stereocenters. The monoisotopic (exact) mass is 260 g/mol. The molecule has 1 rings (SSSR count). The maximum Gasteiger partial charge on any atom is 0.511 e. The van der Waals surface area contributed by atoms with E-state index < -0.39 is 15.5 Å². The molecular weight excluding hydrogens is 245 g/mol. The van der Waals surface area contributed by atoms with Crippen molar-refractivity contribution in [3.63, 3.8) is 0 Å². The second kappa shape index (κ2) is 4.15. The molecule has 0 aromatic rings. The Morgan fingerprint density at radius 1 is 1.25 bits per heavy atom. The molecule has 96 valence electrons. The summed E-state index contributed by atoms with van der Waals surface area (Å²) in [5, 5.41) is 2.99. The molecule has 4 nitrogen and oxygen atoms in total. The Labute approximate surface area is 92.9 Å². The van der Waals surface area contributed by atoms with E-state index in [1.54, 1.807) is 7.05 Å². The maximum atomic E-state index is 12.2. The number of hydrogen-bond donors (Lipinski definition) is 1. The molecule has 1 N–H and O–H groups in total. The largest absolute Gasteiger partial charge is 0.511 e. The first-order valence-electron chi connectivity index (χ1n) is 4.88. The molecule has 0 amide bonds. The van der Waals surface area contributed by atoms with Crippen LogP contribution in [0.5, 0.6) is 0 Å². The molecule has 0 aromatic carbocycles. The molecule has 1 heterocycles. The molecule has 0 atom stereocenters. The van der Waals surface area contributed by atoms with Gasteiger partial charge in [0.25, 0.3) is 0 Å². The fourth-order valence-corrected chi connectivity index (χ4v) is 2.57. The molecule has 1 saturated heterocycles. The van der Waals surface area contributed by atoms with Gasteiger partial charge in [-0.05, 0) is 26.8 Å².